The third kappa shape index (κ3) is 2.54. The van der Waals surface area contributed by atoms with Gasteiger partial charge in [0.05, 0.1) is 5.69 Å². The molecule has 0 saturated carbocycles. The van der Waals surface area contributed by atoms with Gasteiger partial charge >= 0.3 is 6.36 Å². The van der Waals surface area contributed by atoms with Gasteiger partial charge in [0.15, 0.2) is 11.4 Å². The monoisotopic (exact) mass is 309 g/mol. The van der Waals surface area contributed by atoms with Crippen LogP contribution < -0.4 is 4.74 Å². The summed E-state index contributed by atoms with van der Waals surface area (Å²) in [7, 11) is 0. The van der Waals surface area contributed by atoms with Crippen LogP contribution in [-0.2, 0) is 0 Å². The Bertz CT molecular complexity index is 843. The molecule has 0 aliphatic carbocycles. The van der Waals surface area contributed by atoms with Crippen molar-refractivity contribution in [1.82, 2.24) is 14.5 Å². The molecule has 1 aromatic carbocycles. The van der Waals surface area contributed by atoms with Crippen LogP contribution in [0.2, 0.25) is 0 Å². The highest BCUT2D eigenvalue weighted by Gasteiger charge is 2.32. The predicted molar refractivity (Wildman–Crippen MR) is 71.9 cm³/mol. The highest BCUT2D eigenvalue weighted by Crippen LogP contribution is 2.31. The summed E-state index contributed by atoms with van der Waals surface area (Å²) >= 11 is 0. The second kappa shape index (κ2) is 4.90. The molecule has 0 saturated heterocycles. The van der Waals surface area contributed by atoms with Crippen LogP contribution in [0.3, 0.4) is 0 Å². The molecule has 0 amide bonds. The molecule has 3 aromatic rings. The van der Waals surface area contributed by atoms with Crippen molar-refractivity contribution in [3.8, 4) is 17.3 Å². The minimum Gasteiger partial charge on any atom is -0.493 e. The summed E-state index contributed by atoms with van der Waals surface area (Å²) < 4.78 is 43.1. The number of ether oxygens (including phenoxy) is 1. The first kappa shape index (κ1) is 14.2. The number of aromatic nitrogens is 3. The van der Waals surface area contributed by atoms with Gasteiger partial charge in [-0.15, -0.1) is 13.2 Å². The fraction of sp³-hybridized carbons (Fsp3) is 0.143. The molecule has 0 radical (unpaired) electrons. The molecule has 1 N–H and O–H groups in total. The Morgan fingerprint density at radius 3 is 2.55 bits per heavy atom. The Kier molecular flexibility index (Phi) is 3.16. The average molecular weight is 309 g/mol. The summed E-state index contributed by atoms with van der Waals surface area (Å²) in [5.74, 6) is -0.197. The van der Waals surface area contributed by atoms with E-state index >= 15 is 0 Å². The van der Waals surface area contributed by atoms with Crippen molar-refractivity contribution in [1.29, 1.82) is 0 Å². The van der Waals surface area contributed by atoms with Crippen LogP contribution in [0.4, 0.5) is 13.2 Å². The van der Waals surface area contributed by atoms with Crippen LogP contribution in [0.25, 0.3) is 16.9 Å². The standard InChI is InChI=1S/C14H10F3N3O2/c1-8-18-9-6-7-12(21)19-13(9)20(8)10-4-2-3-5-11(10)22-14(15,16)17/h2-7H,1H3,(H,19,21). The molecular formula is C14H10F3N3O2. The fourth-order valence-electron chi connectivity index (χ4n) is 2.20. The summed E-state index contributed by atoms with van der Waals surface area (Å²) in [6.45, 7) is 1.63. The van der Waals surface area contributed by atoms with Crippen molar-refractivity contribution in [2.45, 2.75) is 13.3 Å². The van der Waals surface area contributed by atoms with Crippen molar-refractivity contribution in [2.75, 3.05) is 0 Å². The molecule has 0 aliphatic rings. The van der Waals surface area contributed by atoms with Crippen molar-refractivity contribution >= 4 is 11.2 Å². The van der Waals surface area contributed by atoms with Crippen molar-refractivity contribution in [2.24, 2.45) is 0 Å². The van der Waals surface area contributed by atoms with Gasteiger partial charge in [-0.2, -0.15) is 4.98 Å². The van der Waals surface area contributed by atoms with Crippen LogP contribution in [-0.4, -0.2) is 26.0 Å². The molecule has 2 aromatic heterocycles. The van der Waals surface area contributed by atoms with Crippen molar-refractivity contribution in [3.05, 3.63) is 42.2 Å². The second-order valence-corrected chi connectivity index (χ2v) is 4.52. The topological polar surface area (TPSA) is 60.2 Å². The van der Waals surface area contributed by atoms with Crippen LogP contribution in [0.15, 0.2) is 36.4 Å². The van der Waals surface area contributed by atoms with E-state index in [9.17, 15) is 18.3 Å². The van der Waals surface area contributed by atoms with Gasteiger partial charge in [-0.05, 0) is 25.1 Å². The van der Waals surface area contributed by atoms with Gasteiger partial charge in [0.25, 0.3) is 0 Å². The molecule has 2 heterocycles. The van der Waals surface area contributed by atoms with E-state index in [1.165, 1.54) is 34.9 Å². The highest BCUT2D eigenvalue weighted by molar-refractivity contribution is 5.75. The molecular weight excluding hydrogens is 299 g/mol. The van der Waals surface area contributed by atoms with Crippen molar-refractivity contribution < 1.29 is 23.0 Å². The Hall–Kier alpha value is -2.77. The maximum atomic E-state index is 12.5. The lowest BCUT2D eigenvalue weighted by Gasteiger charge is -2.14. The lowest BCUT2D eigenvalue weighted by Crippen LogP contribution is -2.18. The largest absolute Gasteiger partial charge is 0.573 e. The maximum Gasteiger partial charge on any atom is 0.573 e. The average Bonchev–Trinajstić information content (AvgIpc) is 2.73. The van der Waals surface area contributed by atoms with Gasteiger partial charge in [-0.1, -0.05) is 12.1 Å². The summed E-state index contributed by atoms with van der Waals surface area (Å²) in [4.78, 5) is 8.15. The van der Waals surface area contributed by atoms with E-state index in [-0.39, 0.29) is 23.0 Å². The normalized spacial score (nSPS) is 11.8. The first-order valence-electron chi connectivity index (χ1n) is 6.25. The first-order chi connectivity index (χ1) is 10.3. The predicted octanol–water partition coefficient (Wildman–Crippen LogP) is 3.33. The highest BCUT2D eigenvalue weighted by atomic mass is 19.4. The molecule has 22 heavy (non-hydrogen) atoms. The second-order valence-electron chi connectivity index (χ2n) is 4.52. The van der Waals surface area contributed by atoms with E-state index in [0.29, 0.717) is 11.3 Å². The molecule has 0 bridgehead atoms. The van der Waals surface area contributed by atoms with Gasteiger partial charge in [0, 0.05) is 6.07 Å². The minimum absolute atomic E-state index is 0.137. The number of fused-ring (bicyclic) bond motifs is 1. The Labute approximate surface area is 122 Å². The number of rotatable bonds is 2. The lowest BCUT2D eigenvalue weighted by atomic mass is 10.3. The molecule has 0 aliphatic heterocycles. The number of nitrogens with zero attached hydrogens (tertiary/aromatic N) is 3. The molecule has 114 valence electrons. The fourth-order valence-corrected chi connectivity index (χ4v) is 2.20. The Morgan fingerprint density at radius 1 is 1.09 bits per heavy atom. The van der Waals surface area contributed by atoms with E-state index < -0.39 is 6.36 Å². The Morgan fingerprint density at radius 2 is 1.82 bits per heavy atom. The number of para-hydroxylation sites is 2. The number of hydrogen-bond donors (Lipinski definition) is 1. The van der Waals surface area contributed by atoms with Gasteiger partial charge in [0.1, 0.15) is 11.3 Å². The number of halogens is 3. The molecule has 5 nitrogen and oxygen atoms in total. The van der Waals surface area contributed by atoms with Crippen LogP contribution >= 0.6 is 0 Å². The number of aryl methyl sites for hydroxylation is 1. The number of pyridine rings is 1. The maximum absolute atomic E-state index is 12.5. The zero-order valence-corrected chi connectivity index (χ0v) is 11.3. The third-order valence-corrected chi connectivity index (χ3v) is 2.99. The smallest absolute Gasteiger partial charge is 0.493 e. The zero-order valence-electron chi connectivity index (χ0n) is 11.3. The molecule has 3 rings (SSSR count). The van der Waals surface area contributed by atoms with Crippen molar-refractivity contribution in [3.63, 3.8) is 0 Å². The molecule has 0 atom stereocenters. The van der Waals surface area contributed by atoms with E-state index in [2.05, 4.69) is 14.7 Å². The van der Waals surface area contributed by atoms with Gasteiger partial charge in [-0.25, -0.2) is 4.98 Å². The van der Waals surface area contributed by atoms with Crippen LogP contribution in [0, 0.1) is 6.92 Å². The van der Waals surface area contributed by atoms with E-state index in [4.69, 9.17) is 0 Å². The third-order valence-electron chi connectivity index (χ3n) is 2.99. The summed E-state index contributed by atoms with van der Waals surface area (Å²) in [5, 5.41) is 9.50. The molecule has 0 fully saturated rings. The Balaban J connectivity index is 2.24. The SMILES string of the molecule is Cc1nc2ccc(O)nc2n1-c1ccccc1OC(F)(F)F. The minimum atomic E-state index is -4.81. The number of aromatic hydroxyl groups is 1. The van der Waals surface area contributed by atoms with Gasteiger partial charge < -0.3 is 9.84 Å². The first-order valence-corrected chi connectivity index (χ1v) is 6.25. The number of hydrogen-bond acceptors (Lipinski definition) is 4. The summed E-state index contributed by atoms with van der Waals surface area (Å²) in [6.07, 6.45) is -4.81. The lowest BCUT2D eigenvalue weighted by molar-refractivity contribution is -0.274. The molecule has 8 heteroatoms. The van der Waals surface area contributed by atoms with E-state index in [1.54, 1.807) is 13.0 Å². The number of alkyl halides is 3. The van der Waals surface area contributed by atoms with E-state index in [1.807, 2.05) is 0 Å². The summed E-state index contributed by atoms with van der Waals surface area (Å²) in [5.41, 5.74) is 0.839. The molecule has 0 unspecified atom stereocenters. The molecule has 0 spiro atoms. The van der Waals surface area contributed by atoms with E-state index in [0.717, 1.165) is 0 Å². The number of benzene rings is 1. The van der Waals surface area contributed by atoms with Crippen LogP contribution in [0.5, 0.6) is 11.6 Å². The van der Waals surface area contributed by atoms with Crippen LogP contribution in [0.1, 0.15) is 5.82 Å². The quantitative estimate of drug-likeness (QED) is 0.789. The zero-order chi connectivity index (χ0) is 15.9. The van der Waals surface area contributed by atoms with Gasteiger partial charge in [0.2, 0.25) is 5.88 Å². The summed E-state index contributed by atoms with van der Waals surface area (Å²) in [6, 6.07) is 8.57. The number of imidazole rings is 1. The van der Waals surface area contributed by atoms with Gasteiger partial charge in [-0.3, -0.25) is 4.57 Å².